The Morgan fingerprint density at radius 3 is 1.93 bits per heavy atom. The Balaban J connectivity index is 1.67. The molecule has 0 unspecified atom stereocenters. The van der Waals surface area contributed by atoms with Crippen molar-refractivity contribution in [2.45, 2.75) is 0 Å². The van der Waals surface area contributed by atoms with Gasteiger partial charge in [-0.2, -0.15) is 0 Å². The van der Waals surface area contributed by atoms with Gasteiger partial charge >= 0.3 is 0 Å². The largest absolute Gasteiger partial charge is 0.454 e. The molecule has 29 heavy (non-hydrogen) atoms. The number of nitrogens with zero attached hydrogens (tertiary/aromatic N) is 1. The van der Waals surface area contributed by atoms with E-state index in [0.717, 1.165) is 55.3 Å². The van der Waals surface area contributed by atoms with Crippen molar-refractivity contribution in [3.8, 4) is 45.1 Å². The molecular weight excluding hydrogens is 428 g/mol. The van der Waals surface area contributed by atoms with E-state index in [1.807, 2.05) is 54.6 Å². The predicted molar refractivity (Wildman–Crippen MR) is 119 cm³/mol. The minimum Gasteiger partial charge on any atom is -0.454 e. The Morgan fingerprint density at radius 1 is 0.655 bits per heavy atom. The topological polar surface area (TPSA) is 57.4 Å². The molecule has 4 aromatic rings. The molecule has 142 valence electrons. The number of benzene rings is 3. The van der Waals surface area contributed by atoms with Crippen molar-refractivity contribution in [3.05, 3.63) is 83.3 Å². The first-order chi connectivity index (χ1) is 14.2. The molecule has 0 bridgehead atoms. The van der Waals surface area contributed by atoms with Crippen LogP contribution in [0.5, 0.6) is 11.5 Å². The quantitative estimate of drug-likeness (QED) is 0.384. The summed E-state index contributed by atoms with van der Waals surface area (Å²) in [5.41, 5.74) is 12.6. The van der Waals surface area contributed by atoms with Crippen molar-refractivity contribution < 1.29 is 9.47 Å². The molecule has 0 radical (unpaired) electrons. The minimum atomic E-state index is 0.260. The number of fused-ring (bicyclic) bond motifs is 1. The third-order valence-corrected chi connectivity index (χ3v) is 5.41. The summed E-state index contributed by atoms with van der Waals surface area (Å²) in [6.07, 6.45) is 0. The maximum atomic E-state index is 5.86. The highest BCUT2D eigenvalue weighted by Crippen LogP contribution is 2.38. The second kappa shape index (κ2) is 7.26. The van der Waals surface area contributed by atoms with Crippen LogP contribution in [0.15, 0.2) is 83.3 Å². The van der Waals surface area contributed by atoms with Gasteiger partial charge in [0.1, 0.15) is 0 Å². The van der Waals surface area contributed by atoms with Crippen LogP contribution >= 0.6 is 15.9 Å². The van der Waals surface area contributed by atoms with Gasteiger partial charge in [0, 0.05) is 21.3 Å². The minimum absolute atomic E-state index is 0.260. The molecular formula is C24H17BrN2O2. The predicted octanol–water partition coefficient (Wildman–Crippen LogP) is 6.16. The third kappa shape index (κ3) is 3.57. The van der Waals surface area contributed by atoms with E-state index >= 15 is 0 Å². The van der Waals surface area contributed by atoms with Gasteiger partial charge in [0.25, 0.3) is 0 Å². The molecule has 4 nitrogen and oxygen atoms in total. The van der Waals surface area contributed by atoms with E-state index in [1.54, 1.807) is 0 Å². The molecule has 0 saturated heterocycles. The van der Waals surface area contributed by atoms with Crippen molar-refractivity contribution in [1.82, 2.24) is 4.98 Å². The fourth-order valence-electron chi connectivity index (χ4n) is 3.34. The normalized spacial score (nSPS) is 12.2. The summed E-state index contributed by atoms with van der Waals surface area (Å²) in [7, 11) is 0. The summed E-state index contributed by atoms with van der Waals surface area (Å²) >= 11 is 3.50. The van der Waals surface area contributed by atoms with Gasteiger partial charge < -0.3 is 15.2 Å². The lowest BCUT2D eigenvalue weighted by Crippen LogP contribution is -1.93. The molecule has 2 heterocycles. The zero-order valence-electron chi connectivity index (χ0n) is 15.4. The zero-order chi connectivity index (χ0) is 19.8. The number of anilines is 1. The summed E-state index contributed by atoms with van der Waals surface area (Å²) in [4.78, 5) is 4.92. The first-order valence-corrected chi connectivity index (χ1v) is 9.99. The van der Waals surface area contributed by atoms with Gasteiger partial charge in [-0.15, -0.1) is 0 Å². The highest BCUT2D eigenvalue weighted by Gasteiger charge is 2.15. The number of nitrogens with two attached hydrogens (primary N) is 1. The number of pyridine rings is 1. The van der Waals surface area contributed by atoms with Crippen LogP contribution < -0.4 is 15.2 Å². The Hall–Kier alpha value is -3.31. The van der Waals surface area contributed by atoms with Gasteiger partial charge in [0.05, 0.1) is 11.4 Å². The molecule has 0 atom stereocenters. The van der Waals surface area contributed by atoms with E-state index in [0.29, 0.717) is 0 Å². The van der Waals surface area contributed by atoms with Crippen LogP contribution in [-0.4, -0.2) is 11.8 Å². The summed E-state index contributed by atoms with van der Waals surface area (Å²) in [5.74, 6) is 1.54. The highest BCUT2D eigenvalue weighted by molar-refractivity contribution is 9.10. The molecule has 0 fully saturated rings. The van der Waals surface area contributed by atoms with E-state index in [4.69, 9.17) is 20.2 Å². The number of hydrogen-bond acceptors (Lipinski definition) is 4. The molecule has 2 N–H and O–H groups in total. The maximum Gasteiger partial charge on any atom is 0.231 e. The average molecular weight is 445 g/mol. The van der Waals surface area contributed by atoms with Gasteiger partial charge in [-0.05, 0) is 59.7 Å². The lowest BCUT2D eigenvalue weighted by molar-refractivity contribution is 0.174. The lowest BCUT2D eigenvalue weighted by atomic mass is 9.99. The molecule has 5 rings (SSSR count). The monoisotopic (exact) mass is 444 g/mol. The van der Waals surface area contributed by atoms with Crippen molar-refractivity contribution in [1.29, 1.82) is 0 Å². The second-order valence-corrected chi connectivity index (χ2v) is 7.74. The van der Waals surface area contributed by atoms with Gasteiger partial charge in [-0.1, -0.05) is 46.3 Å². The highest BCUT2D eigenvalue weighted by atomic mass is 79.9. The Morgan fingerprint density at radius 2 is 1.24 bits per heavy atom. The summed E-state index contributed by atoms with van der Waals surface area (Å²) in [6, 6.07) is 26.1. The van der Waals surface area contributed by atoms with Crippen LogP contribution in [0.4, 0.5) is 5.69 Å². The van der Waals surface area contributed by atoms with Crippen LogP contribution in [-0.2, 0) is 0 Å². The van der Waals surface area contributed by atoms with Crippen LogP contribution in [0.2, 0.25) is 0 Å². The van der Waals surface area contributed by atoms with Crippen LogP contribution in [0, 0.1) is 0 Å². The van der Waals surface area contributed by atoms with Crippen molar-refractivity contribution in [3.63, 3.8) is 0 Å². The standard InChI is InChI=1S/C24H17BrN2O2/c25-19-6-1-15(2-7-19)21-11-18(17-5-10-23-24(13-17)29-14-28-23)12-22(27-21)16-3-8-20(26)9-4-16/h1-13H,14,26H2. The van der Waals surface area contributed by atoms with Gasteiger partial charge in [-0.3, -0.25) is 0 Å². The first kappa shape index (κ1) is 17.8. The van der Waals surface area contributed by atoms with Crippen molar-refractivity contribution in [2.75, 3.05) is 12.5 Å². The fraction of sp³-hybridized carbons (Fsp3) is 0.0417. The average Bonchev–Trinajstić information content (AvgIpc) is 3.22. The molecule has 0 aliphatic carbocycles. The molecule has 1 aliphatic heterocycles. The fourth-order valence-corrected chi connectivity index (χ4v) is 3.61. The number of halogens is 1. The summed E-state index contributed by atoms with van der Waals surface area (Å²) < 4.78 is 12.0. The Kier molecular flexibility index (Phi) is 4.45. The number of aromatic nitrogens is 1. The molecule has 0 spiro atoms. The van der Waals surface area contributed by atoms with Crippen molar-refractivity contribution >= 4 is 21.6 Å². The van der Waals surface area contributed by atoms with Crippen LogP contribution in [0.1, 0.15) is 0 Å². The van der Waals surface area contributed by atoms with Crippen LogP contribution in [0.3, 0.4) is 0 Å². The zero-order valence-corrected chi connectivity index (χ0v) is 17.0. The second-order valence-electron chi connectivity index (χ2n) is 6.82. The van der Waals surface area contributed by atoms with E-state index in [-0.39, 0.29) is 6.79 Å². The molecule has 1 aliphatic rings. The van der Waals surface area contributed by atoms with E-state index < -0.39 is 0 Å². The van der Waals surface area contributed by atoms with Gasteiger partial charge in [-0.25, -0.2) is 4.98 Å². The van der Waals surface area contributed by atoms with E-state index in [2.05, 4.69) is 40.2 Å². The number of ether oxygens (including phenoxy) is 2. The molecule has 0 amide bonds. The molecule has 5 heteroatoms. The maximum absolute atomic E-state index is 5.86. The number of rotatable bonds is 3. The molecule has 1 aromatic heterocycles. The Labute approximate surface area is 177 Å². The third-order valence-electron chi connectivity index (χ3n) is 4.88. The van der Waals surface area contributed by atoms with Gasteiger partial charge in [0.15, 0.2) is 11.5 Å². The lowest BCUT2D eigenvalue weighted by Gasteiger charge is -2.11. The van der Waals surface area contributed by atoms with E-state index in [1.165, 1.54) is 0 Å². The molecule has 3 aromatic carbocycles. The van der Waals surface area contributed by atoms with Crippen molar-refractivity contribution in [2.24, 2.45) is 0 Å². The first-order valence-electron chi connectivity index (χ1n) is 9.20. The number of hydrogen-bond donors (Lipinski definition) is 1. The number of nitrogen functional groups attached to an aromatic ring is 1. The summed E-state index contributed by atoms with van der Waals surface area (Å²) in [6.45, 7) is 0.260. The summed E-state index contributed by atoms with van der Waals surface area (Å²) in [5, 5.41) is 0. The smallest absolute Gasteiger partial charge is 0.231 e. The SMILES string of the molecule is Nc1ccc(-c2cc(-c3ccc4c(c3)OCO4)cc(-c3ccc(Br)cc3)n2)cc1. The van der Waals surface area contributed by atoms with Crippen LogP contribution in [0.25, 0.3) is 33.6 Å². The molecule has 0 saturated carbocycles. The van der Waals surface area contributed by atoms with Gasteiger partial charge in [0.2, 0.25) is 6.79 Å². The Bertz CT molecular complexity index is 1120. The van der Waals surface area contributed by atoms with E-state index in [9.17, 15) is 0 Å².